The van der Waals surface area contributed by atoms with Crippen molar-refractivity contribution in [2.75, 3.05) is 5.73 Å². The third-order valence-electron chi connectivity index (χ3n) is 3.82. The van der Waals surface area contributed by atoms with Crippen LogP contribution in [0.2, 0.25) is 0 Å². The number of benzene rings is 1. The van der Waals surface area contributed by atoms with E-state index in [0.717, 1.165) is 20.9 Å². The largest absolute Gasteiger partial charge is 0.383 e. The summed E-state index contributed by atoms with van der Waals surface area (Å²) < 4.78 is 20.3. The van der Waals surface area contributed by atoms with Crippen molar-refractivity contribution < 1.29 is 13.9 Å². The number of pyridine rings is 1. The highest BCUT2D eigenvalue weighted by Crippen LogP contribution is 2.44. The summed E-state index contributed by atoms with van der Waals surface area (Å²) in [6.07, 6.45) is 1.39. The van der Waals surface area contributed by atoms with Crippen LogP contribution in [0.3, 0.4) is 0 Å². The number of nitrogen functional groups attached to an aromatic ring is 1. The number of primary amides is 1. The van der Waals surface area contributed by atoms with Crippen molar-refractivity contribution in [3.63, 3.8) is 0 Å². The number of carbonyl (C=O) groups excluding carboxylic acids is 1. The zero-order valence-corrected chi connectivity index (χ0v) is 13.9. The molecule has 1 aliphatic rings. The minimum Gasteiger partial charge on any atom is -0.383 e. The summed E-state index contributed by atoms with van der Waals surface area (Å²) in [6, 6.07) is 7.48. The number of rotatable bonds is 2. The fraction of sp³-hybridized carbons (Fsp3) is 0. The Morgan fingerprint density at radius 1 is 1.17 bits per heavy atom. The Morgan fingerprint density at radius 3 is 2.67 bits per heavy atom. The second-order valence-corrected chi connectivity index (χ2v) is 8.30. The lowest BCUT2D eigenvalue weighted by Crippen LogP contribution is -2.20. The first kappa shape index (κ1) is 15.2. The summed E-state index contributed by atoms with van der Waals surface area (Å²) in [5.41, 5.74) is 12.6. The Balaban J connectivity index is 1.94. The maximum atomic E-state index is 11.6. The number of hydrogen-bond acceptors (Lipinski definition) is 6. The normalized spacial score (nSPS) is 16.2. The van der Waals surface area contributed by atoms with Crippen molar-refractivity contribution in [3.8, 4) is 10.4 Å². The second-order valence-electron chi connectivity index (χ2n) is 5.49. The van der Waals surface area contributed by atoms with Gasteiger partial charge in [-0.2, -0.15) is 10.6 Å². The van der Waals surface area contributed by atoms with Crippen LogP contribution in [0.4, 0.5) is 5.82 Å². The maximum absolute atomic E-state index is 11.6. The molecule has 3 aromatic rings. The smallest absolute Gasteiger partial charge is 0.251 e. The first-order valence-electron chi connectivity index (χ1n) is 6.94. The molecule has 122 valence electrons. The third kappa shape index (κ3) is 2.36. The van der Waals surface area contributed by atoms with E-state index >= 15 is 0 Å². The predicted molar refractivity (Wildman–Crippen MR) is 99.0 cm³/mol. The lowest BCUT2D eigenvalue weighted by atomic mass is 10.1. The average Bonchev–Trinajstić information content (AvgIpc) is 3.06. The SMILES string of the molecule is NC(=O)c1cnc(N)c2cc(-c3ccc4c(c3)=CS(O)(O)C=4)sc12. The van der Waals surface area contributed by atoms with Gasteiger partial charge in [0.2, 0.25) is 0 Å². The van der Waals surface area contributed by atoms with Crippen LogP contribution in [-0.2, 0) is 0 Å². The van der Waals surface area contributed by atoms with Gasteiger partial charge in [-0.3, -0.25) is 13.9 Å². The van der Waals surface area contributed by atoms with Gasteiger partial charge in [0.25, 0.3) is 5.91 Å². The van der Waals surface area contributed by atoms with Crippen molar-refractivity contribution >= 4 is 54.6 Å². The van der Waals surface area contributed by atoms with Gasteiger partial charge in [0, 0.05) is 27.3 Å². The molecular formula is C16H13N3O3S2. The highest BCUT2D eigenvalue weighted by atomic mass is 32.3. The molecule has 1 aliphatic heterocycles. The van der Waals surface area contributed by atoms with Crippen molar-refractivity contribution in [2.45, 2.75) is 0 Å². The first-order chi connectivity index (χ1) is 11.3. The van der Waals surface area contributed by atoms with Crippen molar-refractivity contribution in [1.29, 1.82) is 0 Å². The minimum absolute atomic E-state index is 0.339. The molecule has 0 atom stereocenters. The standard InChI is InChI=1S/C16H13N3O3S2/c17-15-11-4-13(23-14(11)12(5-19-15)16(18)20)8-1-2-9-6-24(21,22)7-10(9)3-8/h1-7,21-22H,(H2,17,19)(H2,18,20). The van der Waals surface area contributed by atoms with E-state index in [1.165, 1.54) is 28.3 Å². The maximum Gasteiger partial charge on any atom is 0.251 e. The van der Waals surface area contributed by atoms with E-state index in [9.17, 15) is 13.9 Å². The molecule has 3 heterocycles. The van der Waals surface area contributed by atoms with Gasteiger partial charge >= 0.3 is 0 Å². The molecule has 0 saturated heterocycles. The zero-order valence-electron chi connectivity index (χ0n) is 12.3. The molecule has 0 radical (unpaired) electrons. The molecule has 0 aliphatic carbocycles. The molecule has 0 bridgehead atoms. The Morgan fingerprint density at radius 2 is 1.92 bits per heavy atom. The fourth-order valence-electron chi connectivity index (χ4n) is 2.71. The zero-order chi connectivity index (χ0) is 17.1. The van der Waals surface area contributed by atoms with Gasteiger partial charge in [0.1, 0.15) is 5.82 Å². The van der Waals surface area contributed by atoms with Crippen molar-refractivity contribution in [3.05, 3.63) is 46.5 Å². The van der Waals surface area contributed by atoms with Gasteiger partial charge in [-0.15, -0.1) is 11.3 Å². The van der Waals surface area contributed by atoms with Crippen LogP contribution in [-0.4, -0.2) is 20.0 Å². The lowest BCUT2D eigenvalue weighted by molar-refractivity contribution is 0.100. The summed E-state index contributed by atoms with van der Waals surface area (Å²) >= 11 is 1.40. The van der Waals surface area contributed by atoms with E-state index in [4.69, 9.17) is 11.5 Å². The van der Waals surface area contributed by atoms with Gasteiger partial charge in [-0.1, -0.05) is 12.1 Å². The Labute approximate surface area is 142 Å². The van der Waals surface area contributed by atoms with Crippen molar-refractivity contribution in [2.24, 2.45) is 5.73 Å². The molecule has 0 spiro atoms. The van der Waals surface area contributed by atoms with Crippen LogP contribution in [0.15, 0.2) is 30.5 Å². The van der Waals surface area contributed by atoms with Crippen LogP contribution in [0, 0.1) is 0 Å². The second kappa shape index (κ2) is 5.05. The summed E-state index contributed by atoms with van der Waals surface area (Å²) in [5, 5.41) is 5.17. The van der Waals surface area contributed by atoms with Gasteiger partial charge < -0.3 is 11.5 Å². The number of thiophene rings is 1. The lowest BCUT2D eigenvalue weighted by Gasteiger charge is -2.19. The van der Waals surface area contributed by atoms with Gasteiger partial charge in [-0.25, -0.2) is 4.98 Å². The Hall–Kier alpha value is -2.39. The van der Waals surface area contributed by atoms with Crippen molar-refractivity contribution in [1.82, 2.24) is 4.98 Å². The number of hydrogen-bond donors (Lipinski definition) is 4. The summed E-state index contributed by atoms with van der Waals surface area (Å²) in [5.74, 6) is -0.209. The molecule has 6 nitrogen and oxygen atoms in total. The molecule has 8 heteroatoms. The fourth-order valence-corrected chi connectivity index (χ4v) is 5.12. The Bertz CT molecular complexity index is 1140. The van der Waals surface area contributed by atoms with E-state index in [2.05, 4.69) is 4.98 Å². The molecule has 6 N–H and O–H groups in total. The topological polar surface area (TPSA) is 122 Å². The van der Waals surface area contributed by atoms with Crippen LogP contribution in [0.1, 0.15) is 10.4 Å². The first-order valence-corrected chi connectivity index (χ1v) is 9.43. The molecule has 0 unspecified atom stereocenters. The summed E-state index contributed by atoms with van der Waals surface area (Å²) in [6.45, 7) is 0. The molecule has 2 aromatic heterocycles. The van der Waals surface area contributed by atoms with Gasteiger partial charge in [-0.05, 0) is 28.1 Å². The van der Waals surface area contributed by atoms with E-state index < -0.39 is 16.5 Å². The average molecular weight is 359 g/mol. The van der Waals surface area contributed by atoms with Crippen LogP contribution < -0.4 is 21.9 Å². The van der Waals surface area contributed by atoms with Gasteiger partial charge in [0.15, 0.2) is 0 Å². The summed E-state index contributed by atoms with van der Waals surface area (Å²) in [4.78, 5) is 16.5. The van der Waals surface area contributed by atoms with Gasteiger partial charge in [0.05, 0.1) is 10.3 Å². The summed E-state index contributed by atoms with van der Waals surface area (Å²) in [7, 11) is -2.79. The molecule has 0 saturated carbocycles. The number of anilines is 1. The number of nitrogens with two attached hydrogens (primary N) is 2. The van der Waals surface area contributed by atoms with Crippen LogP contribution in [0.5, 0.6) is 0 Å². The molecular weight excluding hydrogens is 346 g/mol. The van der Waals surface area contributed by atoms with Crippen LogP contribution in [0.25, 0.3) is 31.3 Å². The molecule has 0 fully saturated rings. The molecule has 1 amide bonds. The van der Waals surface area contributed by atoms with E-state index in [1.54, 1.807) is 0 Å². The predicted octanol–water partition coefficient (Wildman–Crippen LogP) is 1.88. The van der Waals surface area contributed by atoms with E-state index in [0.29, 0.717) is 21.5 Å². The minimum atomic E-state index is -2.79. The molecule has 1 aromatic carbocycles. The van der Waals surface area contributed by atoms with E-state index in [-0.39, 0.29) is 0 Å². The quantitative estimate of drug-likeness (QED) is 0.556. The van der Waals surface area contributed by atoms with E-state index in [1.807, 2.05) is 24.3 Å². The Kier molecular flexibility index (Phi) is 3.19. The monoisotopic (exact) mass is 359 g/mol. The number of carbonyl (C=O) groups is 1. The molecule has 4 rings (SSSR count). The number of fused-ring (bicyclic) bond motifs is 2. The number of amides is 1. The van der Waals surface area contributed by atoms with Crippen LogP contribution >= 0.6 is 21.9 Å². The highest BCUT2D eigenvalue weighted by Gasteiger charge is 2.16. The molecule has 24 heavy (non-hydrogen) atoms. The number of aromatic nitrogens is 1. The highest BCUT2D eigenvalue weighted by molar-refractivity contribution is 8.36. The number of nitrogens with zero attached hydrogens (tertiary/aromatic N) is 1. The third-order valence-corrected chi connectivity index (χ3v) is 6.24.